The van der Waals surface area contributed by atoms with Crippen molar-refractivity contribution in [2.45, 2.75) is 44.4 Å². The summed E-state index contributed by atoms with van der Waals surface area (Å²) in [5.41, 5.74) is 0. The molecule has 0 spiro atoms. The lowest BCUT2D eigenvalue weighted by Gasteiger charge is -2.19. The lowest BCUT2D eigenvalue weighted by molar-refractivity contribution is -0.179. The van der Waals surface area contributed by atoms with Crippen LogP contribution in [-0.2, 0) is 23.9 Å². The fraction of sp³-hybridized carbons (Fsp3) is 0.833. The van der Waals surface area contributed by atoms with Gasteiger partial charge in [0.05, 0.1) is 12.6 Å². The Balaban J connectivity index is 1.62. The minimum absolute atomic E-state index is 0.158. The fourth-order valence-electron chi connectivity index (χ4n) is 3.12. The summed E-state index contributed by atoms with van der Waals surface area (Å²) < 4.78 is 10.2. The third-order valence-corrected chi connectivity index (χ3v) is 3.89. The van der Waals surface area contributed by atoms with Crippen LogP contribution in [0.4, 0.5) is 0 Å². The van der Waals surface area contributed by atoms with Crippen LogP contribution in [0.15, 0.2) is 0 Å². The largest absolute Gasteiger partial charge is 0.466 e. The molecular formula is C12H17NO5. The average molecular weight is 255 g/mol. The molecule has 0 amide bonds. The van der Waals surface area contributed by atoms with Crippen molar-refractivity contribution in [3.63, 3.8) is 0 Å². The van der Waals surface area contributed by atoms with Gasteiger partial charge in [0.2, 0.25) is 0 Å². The summed E-state index contributed by atoms with van der Waals surface area (Å²) in [4.78, 5) is 28.4. The van der Waals surface area contributed by atoms with Crippen LogP contribution in [0.25, 0.3) is 0 Å². The summed E-state index contributed by atoms with van der Waals surface area (Å²) in [5, 5.41) is 1.93. The van der Waals surface area contributed by atoms with Crippen molar-refractivity contribution in [3.05, 3.63) is 0 Å². The van der Waals surface area contributed by atoms with Crippen LogP contribution < -0.4 is 0 Å². The van der Waals surface area contributed by atoms with Gasteiger partial charge < -0.3 is 9.47 Å². The van der Waals surface area contributed by atoms with E-state index in [-0.39, 0.29) is 42.7 Å². The number of fused-ring (bicyclic) bond motifs is 3. The molecule has 0 N–H and O–H groups in total. The summed E-state index contributed by atoms with van der Waals surface area (Å²) in [5.74, 6) is -0.638. The smallest absolute Gasteiger partial charge is 0.313 e. The zero-order valence-electron chi connectivity index (χ0n) is 10.3. The Morgan fingerprint density at radius 3 is 3.17 bits per heavy atom. The lowest BCUT2D eigenvalue weighted by Crippen LogP contribution is -2.29. The minimum atomic E-state index is -0.316. The van der Waals surface area contributed by atoms with E-state index in [1.807, 2.05) is 5.06 Å². The van der Waals surface area contributed by atoms with E-state index in [1.165, 1.54) is 6.92 Å². The van der Waals surface area contributed by atoms with Crippen LogP contribution in [0, 0.1) is 5.92 Å². The number of hydrogen-bond donors (Lipinski definition) is 0. The van der Waals surface area contributed by atoms with E-state index in [0.717, 1.165) is 19.4 Å². The normalized spacial score (nSPS) is 38.4. The van der Waals surface area contributed by atoms with Crippen molar-refractivity contribution < 1.29 is 23.9 Å². The third kappa shape index (κ3) is 1.89. The zero-order chi connectivity index (χ0) is 12.7. The number of carbonyl (C=O) groups is 2. The molecule has 3 rings (SSSR count). The van der Waals surface area contributed by atoms with Crippen LogP contribution in [-0.4, -0.2) is 48.4 Å². The first-order chi connectivity index (χ1) is 8.66. The van der Waals surface area contributed by atoms with E-state index >= 15 is 0 Å². The molecule has 0 aromatic rings. The summed E-state index contributed by atoms with van der Waals surface area (Å²) in [6.45, 7) is 2.53. The Morgan fingerprint density at radius 1 is 1.56 bits per heavy atom. The Morgan fingerprint density at radius 2 is 2.39 bits per heavy atom. The Hall–Kier alpha value is -1.14. The standard InChI is InChI=1S/C12H17NO5/c1-7(14)16-6-4-9-11-10(12(15)17-9)8-3-2-5-13(8)18-11/h8-11H,2-6H2,1H3/t8-,9+,10-,11-/m1/s1. The van der Waals surface area contributed by atoms with Gasteiger partial charge in [0, 0.05) is 19.9 Å². The second-order valence-electron chi connectivity index (χ2n) is 5.05. The van der Waals surface area contributed by atoms with E-state index in [2.05, 4.69) is 0 Å². The highest BCUT2D eigenvalue weighted by Gasteiger charge is 2.58. The molecule has 3 aliphatic heterocycles. The molecule has 6 nitrogen and oxygen atoms in total. The lowest BCUT2D eigenvalue weighted by atomic mass is 9.92. The van der Waals surface area contributed by atoms with Gasteiger partial charge in [-0.05, 0) is 12.8 Å². The number of nitrogens with zero attached hydrogens (tertiary/aromatic N) is 1. The molecule has 3 saturated heterocycles. The predicted octanol–water partition coefficient (Wildman–Crippen LogP) is 0.259. The van der Waals surface area contributed by atoms with Gasteiger partial charge in [0.15, 0.2) is 0 Å². The molecule has 0 saturated carbocycles. The van der Waals surface area contributed by atoms with Gasteiger partial charge in [-0.3, -0.25) is 14.4 Å². The zero-order valence-corrected chi connectivity index (χ0v) is 10.3. The second-order valence-corrected chi connectivity index (χ2v) is 5.05. The van der Waals surface area contributed by atoms with Gasteiger partial charge >= 0.3 is 11.9 Å². The van der Waals surface area contributed by atoms with Gasteiger partial charge in [-0.25, -0.2) is 0 Å². The molecule has 0 aromatic carbocycles. The van der Waals surface area contributed by atoms with Crippen molar-refractivity contribution in [3.8, 4) is 0 Å². The molecule has 18 heavy (non-hydrogen) atoms. The number of hydrogen-bond acceptors (Lipinski definition) is 6. The molecule has 3 heterocycles. The summed E-state index contributed by atoms with van der Waals surface area (Å²) in [6.07, 6.45) is 2.09. The van der Waals surface area contributed by atoms with Gasteiger partial charge in [-0.2, -0.15) is 5.06 Å². The van der Waals surface area contributed by atoms with Crippen molar-refractivity contribution in [1.82, 2.24) is 5.06 Å². The highest BCUT2D eigenvalue weighted by molar-refractivity contribution is 5.77. The van der Waals surface area contributed by atoms with Crippen LogP contribution in [0.3, 0.4) is 0 Å². The SMILES string of the molecule is CC(=O)OCC[C@@H]1OC(=O)[C@H]2[C@@H]1ON1CCC[C@H]21. The maximum atomic E-state index is 11.9. The van der Waals surface area contributed by atoms with E-state index in [4.69, 9.17) is 14.3 Å². The summed E-state index contributed by atoms with van der Waals surface area (Å²) in [6, 6.07) is 0.182. The Labute approximate surface area is 105 Å². The first kappa shape index (κ1) is 11.9. The first-order valence-corrected chi connectivity index (χ1v) is 6.44. The fourth-order valence-corrected chi connectivity index (χ4v) is 3.12. The van der Waals surface area contributed by atoms with Gasteiger partial charge in [0.1, 0.15) is 18.1 Å². The van der Waals surface area contributed by atoms with Crippen LogP contribution in [0.2, 0.25) is 0 Å². The Bertz CT molecular complexity index is 371. The third-order valence-electron chi connectivity index (χ3n) is 3.89. The molecule has 4 atom stereocenters. The molecule has 3 aliphatic rings. The molecule has 0 bridgehead atoms. The average Bonchev–Trinajstić information content (AvgIpc) is 2.91. The highest BCUT2D eigenvalue weighted by atomic mass is 16.7. The molecule has 3 fully saturated rings. The topological polar surface area (TPSA) is 65.1 Å². The number of ether oxygens (including phenoxy) is 2. The van der Waals surface area contributed by atoms with Crippen molar-refractivity contribution in [2.75, 3.05) is 13.2 Å². The van der Waals surface area contributed by atoms with Gasteiger partial charge in [-0.1, -0.05) is 0 Å². The van der Waals surface area contributed by atoms with Gasteiger partial charge in [0.25, 0.3) is 0 Å². The van der Waals surface area contributed by atoms with Crippen LogP contribution in [0.1, 0.15) is 26.2 Å². The molecule has 100 valence electrons. The summed E-state index contributed by atoms with van der Waals surface area (Å²) in [7, 11) is 0. The maximum Gasteiger partial charge on any atom is 0.313 e. The Kier molecular flexibility index (Phi) is 2.99. The number of cyclic esters (lactones) is 1. The first-order valence-electron chi connectivity index (χ1n) is 6.44. The van der Waals surface area contributed by atoms with Crippen LogP contribution >= 0.6 is 0 Å². The molecule has 0 radical (unpaired) electrons. The van der Waals surface area contributed by atoms with E-state index in [1.54, 1.807) is 0 Å². The number of rotatable bonds is 3. The predicted molar refractivity (Wildman–Crippen MR) is 59.2 cm³/mol. The monoisotopic (exact) mass is 255 g/mol. The van der Waals surface area contributed by atoms with Crippen LogP contribution in [0.5, 0.6) is 0 Å². The second kappa shape index (κ2) is 4.51. The molecule has 6 heteroatoms. The number of carbonyl (C=O) groups excluding carboxylic acids is 2. The molecule has 0 unspecified atom stereocenters. The number of esters is 2. The maximum absolute atomic E-state index is 11.9. The van der Waals surface area contributed by atoms with Crippen molar-refractivity contribution in [2.24, 2.45) is 5.92 Å². The molecule has 0 aromatic heterocycles. The van der Waals surface area contributed by atoms with Gasteiger partial charge in [-0.15, -0.1) is 0 Å². The quantitative estimate of drug-likeness (QED) is 0.674. The van der Waals surface area contributed by atoms with E-state index < -0.39 is 0 Å². The van der Waals surface area contributed by atoms with Crippen molar-refractivity contribution >= 4 is 11.9 Å². The van der Waals surface area contributed by atoms with Crippen molar-refractivity contribution in [1.29, 1.82) is 0 Å². The van der Waals surface area contributed by atoms with E-state index in [0.29, 0.717) is 6.42 Å². The minimum Gasteiger partial charge on any atom is -0.466 e. The van der Waals surface area contributed by atoms with E-state index in [9.17, 15) is 9.59 Å². The summed E-state index contributed by atoms with van der Waals surface area (Å²) >= 11 is 0. The number of hydroxylamine groups is 2. The molecular weight excluding hydrogens is 238 g/mol. The highest BCUT2D eigenvalue weighted by Crippen LogP contribution is 2.42. The molecule has 0 aliphatic carbocycles.